The molecule has 2 aromatic carbocycles. The molecule has 0 aliphatic heterocycles. The lowest BCUT2D eigenvalue weighted by molar-refractivity contribution is -0.634. The van der Waals surface area contributed by atoms with Gasteiger partial charge < -0.3 is 17.0 Å². The van der Waals surface area contributed by atoms with Crippen molar-refractivity contribution < 1.29 is 21.5 Å². The number of aromatic nitrogens is 2. The average molecular weight is 494 g/mol. The molecule has 146 valence electrons. The molecule has 1 heterocycles. The molecule has 0 saturated carbocycles. The molecule has 1 aromatic heterocycles. The maximum absolute atomic E-state index is 4.01. The first-order valence-corrected chi connectivity index (χ1v) is 10.6. The van der Waals surface area contributed by atoms with Crippen LogP contribution in [0.15, 0.2) is 36.4 Å². The van der Waals surface area contributed by atoms with Crippen LogP contribution in [0.1, 0.15) is 54.2 Å². The number of imidazole rings is 1. The van der Waals surface area contributed by atoms with Crippen LogP contribution in [-0.4, -0.2) is 4.57 Å². The number of unbranched alkanes of at least 4 members (excludes halogenated alkanes) is 2. The Bertz CT molecular complexity index is 905. The van der Waals surface area contributed by atoms with Crippen LogP contribution in [0.4, 0.5) is 0 Å². The number of fused-ring (bicyclic) bond motifs is 1. The van der Waals surface area contributed by atoms with Gasteiger partial charge in [-0.15, -0.1) is 0 Å². The number of para-hydroxylation sites is 2. The molecule has 1 atom stereocenters. The van der Waals surface area contributed by atoms with Gasteiger partial charge in [-0.1, -0.05) is 49.6 Å². The summed E-state index contributed by atoms with van der Waals surface area (Å²) in [6, 6.07) is 13.3. The molecule has 0 amide bonds. The lowest BCUT2D eigenvalue weighted by atomic mass is 9.99. The smallest absolute Gasteiger partial charge is 0.291 e. The summed E-state index contributed by atoms with van der Waals surface area (Å²) in [5.74, 6) is 1.29. The Morgan fingerprint density at radius 3 is 2.30 bits per heavy atom. The van der Waals surface area contributed by atoms with E-state index in [1.165, 1.54) is 58.4 Å². The standard InChI is InChI=1S/C23H30BrN2.BrH/c1-6-7-8-13-21(24)26-20-12-10-9-11-19(20)25(5)23(26)22-17(3)14-16(2)15-18(22)4;/h9-12,14-15,21H,6-8,13H2,1-5H3;1H/q+1;/p-1. The van der Waals surface area contributed by atoms with Crippen molar-refractivity contribution in [1.82, 2.24) is 4.57 Å². The zero-order valence-corrected chi connectivity index (χ0v) is 20.2. The van der Waals surface area contributed by atoms with Gasteiger partial charge in [-0.2, -0.15) is 0 Å². The largest absolute Gasteiger partial charge is 1.00 e. The lowest BCUT2D eigenvalue weighted by Gasteiger charge is -2.14. The van der Waals surface area contributed by atoms with E-state index in [1.54, 1.807) is 0 Å². The minimum Gasteiger partial charge on any atom is -1.00 e. The molecule has 3 aromatic rings. The van der Waals surface area contributed by atoms with Crippen molar-refractivity contribution >= 4 is 27.0 Å². The molecule has 0 saturated heterocycles. The maximum atomic E-state index is 4.01. The number of hydrogen-bond acceptors (Lipinski definition) is 0. The van der Waals surface area contributed by atoms with E-state index in [2.05, 4.69) is 96.2 Å². The monoisotopic (exact) mass is 492 g/mol. The minimum absolute atomic E-state index is 0. The number of benzene rings is 2. The van der Waals surface area contributed by atoms with Gasteiger partial charge in [0.15, 0.2) is 16.0 Å². The number of halogens is 2. The fourth-order valence-corrected chi connectivity index (χ4v) is 4.88. The van der Waals surface area contributed by atoms with Gasteiger partial charge in [0.2, 0.25) is 0 Å². The highest BCUT2D eigenvalue weighted by atomic mass is 79.9. The normalized spacial score (nSPS) is 12.2. The van der Waals surface area contributed by atoms with Crippen molar-refractivity contribution in [2.75, 3.05) is 0 Å². The van der Waals surface area contributed by atoms with Crippen LogP contribution in [0.3, 0.4) is 0 Å². The molecule has 0 spiro atoms. The zero-order chi connectivity index (χ0) is 18.8. The van der Waals surface area contributed by atoms with E-state index in [-0.39, 0.29) is 17.0 Å². The second-order valence-corrected chi connectivity index (χ2v) is 8.50. The predicted molar refractivity (Wildman–Crippen MR) is 115 cm³/mol. The third-order valence-corrected chi connectivity index (χ3v) is 6.14. The number of aryl methyl sites for hydroxylation is 4. The van der Waals surface area contributed by atoms with Gasteiger partial charge >= 0.3 is 0 Å². The second-order valence-electron chi connectivity index (χ2n) is 7.45. The third-order valence-electron chi connectivity index (χ3n) is 5.28. The van der Waals surface area contributed by atoms with E-state index in [0.717, 1.165) is 6.42 Å². The molecule has 0 N–H and O–H groups in total. The molecule has 1 unspecified atom stereocenters. The lowest BCUT2D eigenvalue weighted by Crippen LogP contribution is -3.00. The Hall–Kier alpha value is -1.13. The topological polar surface area (TPSA) is 8.81 Å². The van der Waals surface area contributed by atoms with Gasteiger partial charge in [-0.25, -0.2) is 9.13 Å². The van der Waals surface area contributed by atoms with E-state index < -0.39 is 0 Å². The molecule has 2 nitrogen and oxygen atoms in total. The zero-order valence-electron chi connectivity index (χ0n) is 17.0. The molecular formula is C23H30Br2N2. The molecule has 4 heteroatoms. The summed E-state index contributed by atoms with van der Waals surface area (Å²) in [4.78, 5) is 0.301. The van der Waals surface area contributed by atoms with Crippen molar-refractivity contribution in [2.45, 2.75) is 58.3 Å². The van der Waals surface area contributed by atoms with Gasteiger partial charge in [0.05, 0.1) is 12.6 Å². The molecule has 0 bridgehead atoms. The fraction of sp³-hybridized carbons (Fsp3) is 0.435. The molecular weight excluding hydrogens is 464 g/mol. The highest BCUT2D eigenvalue weighted by Crippen LogP contribution is 2.35. The summed E-state index contributed by atoms with van der Waals surface area (Å²) in [5.41, 5.74) is 7.94. The number of rotatable bonds is 6. The maximum Gasteiger partial charge on any atom is 0.291 e. The van der Waals surface area contributed by atoms with Crippen molar-refractivity contribution in [3.63, 3.8) is 0 Å². The van der Waals surface area contributed by atoms with Crippen LogP contribution in [0.5, 0.6) is 0 Å². The van der Waals surface area contributed by atoms with Crippen LogP contribution in [0.25, 0.3) is 22.4 Å². The van der Waals surface area contributed by atoms with Crippen molar-refractivity contribution in [1.29, 1.82) is 0 Å². The summed E-state index contributed by atoms with van der Waals surface area (Å²) >= 11 is 4.01. The van der Waals surface area contributed by atoms with Gasteiger partial charge in [0.25, 0.3) is 5.82 Å². The second kappa shape index (κ2) is 9.38. The molecule has 0 radical (unpaired) electrons. The first-order chi connectivity index (χ1) is 12.5. The molecule has 3 rings (SSSR count). The van der Waals surface area contributed by atoms with Crippen molar-refractivity contribution in [3.8, 4) is 11.4 Å². The van der Waals surface area contributed by atoms with Gasteiger partial charge in [0, 0.05) is 0 Å². The van der Waals surface area contributed by atoms with E-state index in [1.807, 2.05) is 0 Å². The van der Waals surface area contributed by atoms with Crippen molar-refractivity contribution in [2.24, 2.45) is 7.05 Å². The average Bonchev–Trinajstić information content (AvgIpc) is 2.88. The highest BCUT2D eigenvalue weighted by molar-refractivity contribution is 9.09. The number of alkyl halides is 1. The van der Waals surface area contributed by atoms with Gasteiger partial charge in [0.1, 0.15) is 0 Å². The molecule has 0 fully saturated rings. The van der Waals surface area contributed by atoms with Crippen LogP contribution in [0, 0.1) is 20.8 Å². The molecule has 0 aliphatic carbocycles. The highest BCUT2D eigenvalue weighted by Gasteiger charge is 2.30. The van der Waals surface area contributed by atoms with E-state index in [4.69, 9.17) is 0 Å². The summed E-state index contributed by atoms with van der Waals surface area (Å²) < 4.78 is 4.85. The van der Waals surface area contributed by atoms with Crippen LogP contribution < -0.4 is 21.5 Å². The molecule has 0 aliphatic rings. The van der Waals surface area contributed by atoms with E-state index in [9.17, 15) is 0 Å². The van der Waals surface area contributed by atoms with Gasteiger partial charge in [-0.3, -0.25) is 0 Å². The Balaban J connectivity index is 0.00000261. The minimum atomic E-state index is 0. The Labute approximate surface area is 182 Å². The van der Waals surface area contributed by atoms with E-state index >= 15 is 0 Å². The quantitative estimate of drug-likeness (QED) is 0.282. The fourth-order valence-electron chi connectivity index (χ4n) is 4.14. The van der Waals surface area contributed by atoms with Gasteiger partial charge in [-0.05, 0) is 72.8 Å². The Morgan fingerprint density at radius 2 is 1.67 bits per heavy atom. The summed E-state index contributed by atoms with van der Waals surface area (Å²) in [6.45, 7) is 8.91. The summed E-state index contributed by atoms with van der Waals surface area (Å²) in [7, 11) is 2.19. The van der Waals surface area contributed by atoms with Crippen LogP contribution in [0.2, 0.25) is 0 Å². The first kappa shape index (κ1) is 22.2. The Morgan fingerprint density at radius 1 is 1.04 bits per heavy atom. The van der Waals surface area contributed by atoms with Crippen molar-refractivity contribution in [3.05, 3.63) is 53.1 Å². The SMILES string of the molecule is CCCCCC(Br)n1c(-c2c(C)cc(C)cc2C)[n+](C)c2ccccc21.[Br-]. The number of hydrogen-bond donors (Lipinski definition) is 0. The predicted octanol–water partition coefficient (Wildman–Crippen LogP) is 3.54. The Kier molecular flexibility index (Phi) is 7.70. The number of nitrogens with zero attached hydrogens (tertiary/aromatic N) is 2. The summed E-state index contributed by atoms with van der Waals surface area (Å²) in [5, 5.41) is 0. The molecule has 27 heavy (non-hydrogen) atoms. The first-order valence-electron chi connectivity index (χ1n) is 9.67. The van der Waals surface area contributed by atoms with Crippen LogP contribution >= 0.6 is 15.9 Å². The summed E-state index contributed by atoms with van der Waals surface area (Å²) in [6.07, 6.45) is 4.92. The van der Waals surface area contributed by atoms with Crippen LogP contribution in [-0.2, 0) is 7.05 Å². The third kappa shape index (κ3) is 4.32. The van der Waals surface area contributed by atoms with E-state index in [0.29, 0.717) is 4.95 Å².